The topological polar surface area (TPSA) is 26.0 Å². The molecule has 0 N–H and O–H groups in total. The van der Waals surface area contributed by atoms with Crippen LogP contribution in [0.1, 0.15) is 25.5 Å². The van der Waals surface area contributed by atoms with Crippen molar-refractivity contribution in [3.8, 4) is 0 Å². The van der Waals surface area contributed by atoms with Gasteiger partial charge in [-0.05, 0) is 18.2 Å². The molecule has 3 heteroatoms. The molecule has 2 rings (SSSR count). The van der Waals surface area contributed by atoms with E-state index in [2.05, 4.69) is 34.9 Å². The molecule has 0 amide bonds. The Bertz CT molecular complexity index is 433. The normalized spacial score (nSPS) is 11.4. The van der Waals surface area contributed by atoms with Crippen LogP contribution in [0.3, 0.4) is 0 Å². The molecule has 68 valence electrons. The monoisotopic (exact) mass is 239 g/mol. The Morgan fingerprint density at radius 2 is 2.15 bits per heavy atom. The first kappa shape index (κ1) is 8.75. The van der Waals surface area contributed by atoms with E-state index in [9.17, 15) is 0 Å². The predicted octanol–water partition coefficient (Wildman–Crippen LogP) is 3.71. The summed E-state index contributed by atoms with van der Waals surface area (Å²) in [6.45, 7) is 4.20. The van der Waals surface area contributed by atoms with E-state index in [1.54, 1.807) is 0 Å². The summed E-state index contributed by atoms with van der Waals surface area (Å²) in [6.07, 6.45) is 0. The summed E-state index contributed by atoms with van der Waals surface area (Å²) in [5.41, 5.74) is 0.923. The SMILES string of the molecule is CC(C)c1onc2ccc(Br)cc12. The third kappa shape index (κ3) is 1.48. The molecule has 1 aromatic heterocycles. The molecule has 0 spiro atoms. The van der Waals surface area contributed by atoms with Gasteiger partial charge in [-0.25, -0.2) is 0 Å². The van der Waals surface area contributed by atoms with E-state index >= 15 is 0 Å². The van der Waals surface area contributed by atoms with E-state index in [1.807, 2.05) is 18.2 Å². The Hall–Kier alpha value is -0.830. The highest BCUT2D eigenvalue weighted by Crippen LogP contribution is 2.27. The van der Waals surface area contributed by atoms with Gasteiger partial charge in [-0.1, -0.05) is 34.9 Å². The van der Waals surface area contributed by atoms with Gasteiger partial charge in [-0.2, -0.15) is 0 Å². The van der Waals surface area contributed by atoms with Crippen molar-refractivity contribution in [2.24, 2.45) is 0 Å². The van der Waals surface area contributed by atoms with Crippen LogP contribution in [-0.2, 0) is 0 Å². The van der Waals surface area contributed by atoms with Gasteiger partial charge in [0.1, 0.15) is 11.3 Å². The predicted molar refractivity (Wildman–Crippen MR) is 55.8 cm³/mol. The standard InChI is InChI=1S/C10H10BrNO/c1-6(2)10-8-5-7(11)3-4-9(8)12-13-10/h3-6H,1-2H3. The number of hydrogen-bond acceptors (Lipinski definition) is 2. The van der Waals surface area contributed by atoms with Crippen molar-refractivity contribution in [2.75, 3.05) is 0 Å². The number of hydrogen-bond donors (Lipinski definition) is 0. The molecule has 0 fully saturated rings. The maximum atomic E-state index is 5.26. The van der Waals surface area contributed by atoms with E-state index in [-0.39, 0.29) is 0 Å². The van der Waals surface area contributed by atoms with Gasteiger partial charge in [0.25, 0.3) is 0 Å². The summed E-state index contributed by atoms with van der Waals surface area (Å²) >= 11 is 3.43. The number of benzene rings is 1. The number of rotatable bonds is 1. The average Bonchev–Trinajstić information content (AvgIpc) is 2.46. The molecule has 0 radical (unpaired) electrons. The Kier molecular flexibility index (Phi) is 2.12. The Balaban J connectivity index is 2.71. The third-order valence-corrected chi connectivity index (χ3v) is 2.48. The van der Waals surface area contributed by atoms with Crippen molar-refractivity contribution in [3.05, 3.63) is 28.4 Å². The van der Waals surface area contributed by atoms with Crippen LogP contribution in [0.5, 0.6) is 0 Å². The lowest BCUT2D eigenvalue weighted by atomic mass is 10.1. The molecule has 0 bridgehead atoms. The van der Waals surface area contributed by atoms with Gasteiger partial charge in [0.15, 0.2) is 0 Å². The average molecular weight is 240 g/mol. The summed E-state index contributed by atoms with van der Waals surface area (Å²) in [5, 5.41) is 5.09. The molecule has 0 unspecified atom stereocenters. The quantitative estimate of drug-likeness (QED) is 0.759. The lowest BCUT2D eigenvalue weighted by Gasteiger charge is -1.98. The van der Waals surface area contributed by atoms with E-state index in [0.29, 0.717) is 5.92 Å². The summed E-state index contributed by atoms with van der Waals surface area (Å²) < 4.78 is 6.32. The summed E-state index contributed by atoms with van der Waals surface area (Å²) in [6, 6.07) is 5.96. The van der Waals surface area contributed by atoms with Gasteiger partial charge in [0.05, 0.1) is 0 Å². The lowest BCUT2D eigenvalue weighted by Crippen LogP contribution is -1.83. The fraction of sp³-hybridized carbons (Fsp3) is 0.300. The minimum Gasteiger partial charge on any atom is -0.360 e. The van der Waals surface area contributed by atoms with Gasteiger partial charge < -0.3 is 4.52 Å². The number of nitrogens with zero attached hydrogens (tertiary/aromatic N) is 1. The van der Waals surface area contributed by atoms with Crippen LogP contribution < -0.4 is 0 Å². The van der Waals surface area contributed by atoms with Crippen LogP contribution in [0.25, 0.3) is 10.9 Å². The van der Waals surface area contributed by atoms with Crippen LogP contribution in [0.15, 0.2) is 27.2 Å². The minimum atomic E-state index is 0.374. The molecular formula is C10H10BrNO. The highest BCUT2D eigenvalue weighted by molar-refractivity contribution is 9.10. The molecule has 0 aliphatic heterocycles. The van der Waals surface area contributed by atoms with E-state index in [0.717, 1.165) is 21.1 Å². The van der Waals surface area contributed by atoms with Crippen LogP contribution in [0.2, 0.25) is 0 Å². The second kappa shape index (κ2) is 3.14. The van der Waals surface area contributed by atoms with Crippen molar-refractivity contribution in [3.63, 3.8) is 0 Å². The van der Waals surface area contributed by atoms with Crippen LogP contribution in [0, 0.1) is 0 Å². The van der Waals surface area contributed by atoms with Gasteiger partial charge >= 0.3 is 0 Å². The van der Waals surface area contributed by atoms with E-state index < -0.39 is 0 Å². The first-order valence-corrected chi connectivity index (χ1v) is 5.02. The molecule has 0 aliphatic rings. The Morgan fingerprint density at radius 1 is 1.38 bits per heavy atom. The zero-order valence-corrected chi connectivity index (χ0v) is 9.13. The molecule has 2 aromatic rings. The van der Waals surface area contributed by atoms with Gasteiger partial charge in [-0.3, -0.25) is 0 Å². The maximum Gasteiger partial charge on any atom is 0.147 e. The number of aromatic nitrogens is 1. The van der Waals surface area contributed by atoms with Crippen molar-refractivity contribution in [2.45, 2.75) is 19.8 Å². The van der Waals surface area contributed by atoms with Crippen molar-refractivity contribution < 1.29 is 4.52 Å². The zero-order chi connectivity index (χ0) is 9.42. The molecule has 0 saturated carbocycles. The maximum absolute atomic E-state index is 5.26. The summed E-state index contributed by atoms with van der Waals surface area (Å²) in [4.78, 5) is 0. The van der Waals surface area contributed by atoms with E-state index in [4.69, 9.17) is 4.52 Å². The highest BCUT2D eigenvalue weighted by atomic mass is 79.9. The minimum absolute atomic E-state index is 0.374. The molecule has 13 heavy (non-hydrogen) atoms. The van der Waals surface area contributed by atoms with Gasteiger partial charge in [0, 0.05) is 15.8 Å². The van der Waals surface area contributed by atoms with Crippen molar-refractivity contribution in [1.82, 2.24) is 5.16 Å². The zero-order valence-electron chi connectivity index (χ0n) is 7.54. The van der Waals surface area contributed by atoms with Gasteiger partial charge in [0.2, 0.25) is 0 Å². The van der Waals surface area contributed by atoms with Crippen LogP contribution in [0.4, 0.5) is 0 Å². The van der Waals surface area contributed by atoms with E-state index in [1.165, 1.54) is 0 Å². The number of halogens is 1. The Labute approximate surface area is 85.0 Å². The first-order chi connectivity index (χ1) is 6.18. The summed E-state index contributed by atoms with van der Waals surface area (Å²) in [5.74, 6) is 1.33. The highest BCUT2D eigenvalue weighted by Gasteiger charge is 2.11. The lowest BCUT2D eigenvalue weighted by molar-refractivity contribution is 0.378. The van der Waals surface area contributed by atoms with Crippen LogP contribution >= 0.6 is 15.9 Å². The van der Waals surface area contributed by atoms with Crippen LogP contribution in [-0.4, -0.2) is 5.16 Å². The van der Waals surface area contributed by atoms with Crippen molar-refractivity contribution >= 4 is 26.8 Å². The molecule has 0 atom stereocenters. The Morgan fingerprint density at radius 3 is 2.85 bits per heavy atom. The number of fused-ring (bicyclic) bond motifs is 1. The smallest absolute Gasteiger partial charge is 0.147 e. The van der Waals surface area contributed by atoms with Gasteiger partial charge in [-0.15, -0.1) is 0 Å². The second-order valence-corrected chi connectivity index (χ2v) is 4.28. The van der Waals surface area contributed by atoms with Crippen molar-refractivity contribution in [1.29, 1.82) is 0 Å². The summed E-state index contributed by atoms with van der Waals surface area (Å²) in [7, 11) is 0. The molecule has 1 aromatic carbocycles. The molecular weight excluding hydrogens is 230 g/mol. The largest absolute Gasteiger partial charge is 0.360 e. The first-order valence-electron chi connectivity index (χ1n) is 4.23. The molecule has 2 nitrogen and oxygen atoms in total. The molecule has 1 heterocycles. The fourth-order valence-corrected chi connectivity index (χ4v) is 1.71. The molecule has 0 aliphatic carbocycles. The second-order valence-electron chi connectivity index (χ2n) is 3.36. The third-order valence-electron chi connectivity index (χ3n) is 1.99. The fourth-order valence-electron chi connectivity index (χ4n) is 1.35. The molecule has 0 saturated heterocycles.